The average Bonchev–Trinajstić information content (AvgIpc) is 2.45. The zero-order valence-corrected chi connectivity index (χ0v) is 13.2. The maximum Gasteiger partial charge on any atom is 0.101 e. The summed E-state index contributed by atoms with van der Waals surface area (Å²) < 4.78 is 10.9. The molecule has 0 aromatic heterocycles. The lowest BCUT2D eigenvalue weighted by atomic mass is 10.2. The van der Waals surface area contributed by atoms with Crippen LogP contribution in [0.15, 0.2) is 18.2 Å². The summed E-state index contributed by atoms with van der Waals surface area (Å²) in [6.45, 7) is 7.73. The second-order valence-corrected chi connectivity index (χ2v) is 5.04. The van der Waals surface area contributed by atoms with Gasteiger partial charge in [-0.05, 0) is 25.1 Å². The van der Waals surface area contributed by atoms with E-state index in [0.717, 1.165) is 45.1 Å². The zero-order valence-electron chi connectivity index (χ0n) is 13.2. The minimum atomic E-state index is 0.655. The first-order chi connectivity index (χ1) is 10.1. The molecule has 1 atom stereocenters. The number of quaternary nitrogens is 1. The molecule has 1 aromatic carbocycles. The van der Waals surface area contributed by atoms with Crippen LogP contribution in [0.1, 0.15) is 6.92 Å². The number of anilines is 3. The van der Waals surface area contributed by atoms with Crippen molar-refractivity contribution in [2.45, 2.75) is 6.92 Å². The summed E-state index contributed by atoms with van der Waals surface area (Å²) in [6, 6.07) is 5.46. The highest BCUT2D eigenvalue weighted by atomic mass is 16.5. The highest BCUT2D eigenvalue weighted by Crippen LogP contribution is 2.20. The van der Waals surface area contributed by atoms with Crippen LogP contribution in [0.2, 0.25) is 0 Å². The Hall–Kier alpha value is -1.50. The minimum absolute atomic E-state index is 0.655. The Labute approximate surface area is 127 Å². The van der Waals surface area contributed by atoms with E-state index in [0.29, 0.717) is 18.0 Å². The predicted octanol–water partition coefficient (Wildman–Crippen LogP) is -0.169. The van der Waals surface area contributed by atoms with Gasteiger partial charge >= 0.3 is 0 Å². The Morgan fingerprint density at radius 2 is 1.81 bits per heavy atom. The van der Waals surface area contributed by atoms with E-state index in [1.807, 2.05) is 19.1 Å². The van der Waals surface area contributed by atoms with Gasteiger partial charge in [0, 0.05) is 18.8 Å². The molecule has 0 spiro atoms. The van der Waals surface area contributed by atoms with Crippen LogP contribution in [0.5, 0.6) is 0 Å². The number of nitrogen functional groups attached to an aromatic ring is 2. The molecule has 0 heterocycles. The molecule has 0 aliphatic carbocycles. The van der Waals surface area contributed by atoms with Crippen molar-refractivity contribution in [3.05, 3.63) is 18.2 Å². The largest absolute Gasteiger partial charge is 0.399 e. The van der Waals surface area contributed by atoms with Gasteiger partial charge < -0.3 is 31.2 Å². The van der Waals surface area contributed by atoms with E-state index in [4.69, 9.17) is 20.9 Å². The minimum Gasteiger partial charge on any atom is -0.399 e. The standard InChI is InChI=1S/C15H28N4O2/c1-3-20-10-7-19(2)8-11-21-9-6-18-15-5-4-13(16)12-14(15)17/h4-5,12,18H,3,6-11,16-17H2,1-2H3/p+1. The SMILES string of the molecule is CCOCC[NH+](C)CCOCCNc1ccc(N)cc1N. The van der Waals surface area contributed by atoms with Crippen molar-refractivity contribution in [3.63, 3.8) is 0 Å². The van der Waals surface area contributed by atoms with Gasteiger partial charge in [-0.1, -0.05) is 0 Å². The third kappa shape index (κ3) is 7.75. The molecule has 0 saturated carbocycles. The number of benzene rings is 1. The lowest BCUT2D eigenvalue weighted by Gasteiger charge is -2.14. The van der Waals surface area contributed by atoms with E-state index in [2.05, 4.69) is 12.4 Å². The lowest BCUT2D eigenvalue weighted by molar-refractivity contribution is -0.880. The molecule has 1 rings (SSSR count). The molecule has 1 aromatic rings. The average molecular weight is 297 g/mol. The third-order valence-electron chi connectivity index (χ3n) is 3.19. The number of hydrogen-bond acceptors (Lipinski definition) is 5. The maximum atomic E-state index is 5.86. The number of rotatable bonds is 11. The molecule has 0 aliphatic rings. The fourth-order valence-electron chi connectivity index (χ4n) is 1.86. The predicted molar refractivity (Wildman–Crippen MR) is 87.7 cm³/mol. The molecule has 0 fully saturated rings. The molecule has 6 heteroatoms. The summed E-state index contributed by atoms with van der Waals surface area (Å²) in [4.78, 5) is 1.42. The summed E-state index contributed by atoms with van der Waals surface area (Å²) in [5, 5.41) is 3.24. The molecular formula is C15H29N4O2+. The lowest BCUT2D eigenvalue weighted by Crippen LogP contribution is -3.10. The topological polar surface area (TPSA) is 87.0 Å². The number of likely N-dealkylation sites (N-methyl/N-ethyl adjacent to an activating group) is 1. The molecule has 0 bridgehead atoms. The van der Waals surface area contributed by atoms with Crippen LogP contribution in [0.25, 0.3) is 0 Å². The first-order valence-corrected chi connectivity index (χ1v) is 7.49. The van der Waals surface area contributed by atoms with Crippen molar-refractivity contribution in [1.82, 2.24) is 0 Å². The number of nitrogens with two attached hydrogens (primary N) is 2. The molecule has 0 aliphatic heterocycles. The second kappa shape index (κ2) is 10.3. The molecule has 0 radical (unpaired) electrons. The van der Waals surface area contributed by atoms with E-state index in [1.165, 1.54) is 4.90 Å². The fourth-order valence-corrected chi connectivity index (χ4v) is 1.86. The van der Waals surface area contributed by atoms with E-state index in [1.54, 1.807) is 6.07 Å². The Bertz CT molecular complexity index is 401. The highest BCUT2D eigenvalue weighted by molar-refractivity contribution is 5.70. The summed E-state index contributed by atoms with van der Waals surface area (Å²) >= 11 is 0. The Balaban J connectivity index is 2.04. The maximum absolute atomic E-state index is 5.86. The Morgan fingerprint density at radius 3 is 2.48 bits per heavy atom. The normalized spacial score (nSPS) is 12.3. The molecule has 6 nitrogen and oxygen atoms in total. The fraction of sp³-hybridized carbons (Fsp3) is 0.600. The van der Waals surface area contributed by atoms with Crippen molar-refractivity contribution < 1.29 is 14.4 Å². The highest BCUT2D eigenvalue weighted by Gasteiger charge is 2.02. The van der Waals surface area contributed by atoms with Crippen molar-refractivity contribution in [2.24, 2.45) is 0 Å². The first kappa shape index (κ1) is 17.6. The summed E-state index contributed by atoms with van der Waals surface area (Å²) in [7, 11) is 2.15. The van der Waals surface area contributed by atoms with E-state index in [9.17, 15) is 0 Å². The molecule has 1 unspecified atom stereocenters. The summed E-state index contributed by atoms with van der Waals surface area (Å²) in [5.74, 6) is 0. The van der Waals surface area contributed by atoms with Crippen molar-refractivity contribution in [1.29, 1.82) is 0 Å². The van der Waals surface area contributed by atoms with Crippen molar-refractivity contribution in [2.75, 3.05) is 69.9 Å². The van der Waals surface area contributed by atoms with E-state index < -0.39 is 0 Å². The molecule has 120 valence electrons. The summed E-state index contributed by atoms with van der Waals surface area (Å²) in [5.41, 5.74) is 13.7. The molecule has 21 heavy (non-hydrogen) atoms. The van der Waals surface area contributed by atoms with Crippen LogP contribution in [0.3, 0.4) is 0 Å². The van der Waals surface area contributed by atoms with Crippen LogP contribution >= 0.6 is 0 Å². The van der Waals surface area contributed by atoms with E-state index >= 15 is 0 Å². The summed E-state index contributed by atoms with van der Waals surface area (Å²) in [6.07, 6.45) is 0. The van der Waals surface area contributed by atoms with Crippen LogP contribution in [-0.2, 0) is 9.47 Å². The van der Waals surface area contributed by atoms with Gasteiger partial charge in [-0.25, -0.2) is 0 Å². The molecule has 0 saturated heterocycles. The van der Waals surface area contributed by atoms with E-state index in [-0.39, 0.29) is 0 Å². The zero-order chi connectivity index (χ0) is 15.5. The van der Waals surface area contributed by atoms with Gasteiger partial charge in [0.05, 0.1) is 38.2 Å². The van der Waals surface area contributed by atoms with Gasteiger partial charge in [-0.2, -0.15) is 0 Å². The van der Waals surface area contributed by atoms with Crippen LogP contribution in [0, 0.1) is 0 Å². The van der Waals surface area contributed by atoms with Gasteiger partial charge in [0.25, 0.3) is 0 Å². The van der Waals surface area contributed by atoms with Crippen LogP contribution < -0.4 is 21.7 Å². The van der Waals surface area contributed by atoms with Crippen molar-refractivity contribution >= 4 is 17.1 Å². The molecule has 6 N–H and O–H groups in total. The Morgan fingerprint density at radius 1 is 1.10 bits per heavy atom. The van der Waals surface area contributed by atoms with Crippen molar-refractivity contribution in [3.8, 4) is 0 Å². The van der Waals surface area contributed by atoms with Gasteiger partial charge in [0.15, 0.2) is 0 Å². The van der Waals surface area contributed by atoms with Crippen LogP contribution in [-0.4, -0.2) is 53.1 Å². The Kier molecular flexibility index (Phi) is 8.57. The second-order valence-electron chi connectivity index (χ2n) is 5.04. The third-order valence-corrected chi connectivity index (χ3v) is 3.19. The monoisotopic (exact) mass is 297 g/mol. The quantitative estimate of drug-likeness (QED) is 0.336. The molecular weight excluding hydrogens is 268 g/mol. The number of hydrogen-bond donors (Lipinski definition) is 4. The smallest absolute Gasteiger partial charge is 0.101 e. The van der Waals surface area contributed by atoms with Gasteiger partial charge in [-0.3, -0.25) is 0 Å². The first-order valence-electron chi connectivity index (χ1n) is 7.49. The number of ether oxygens (including phenoxy) is 2. The van der Waals surface area contributed by atoms with Gasteiger partial charge in [0.1, 0.15) is 13.1 Å². The van der Waals surface area contributed by atoms with Gasteiger partial charge in [0.2, 0.25) is 0 Å². The van der Waals surface area contributed by atoms with Crippen LogP contribution in [0.4, 0.5) is 17.1 Å². The van der Waals surface area contributed by atoms with Gasteiger partial charge in [-0.15, -0.1) is 0 Å². The molecule has 0 amide bonds. The number of nitrogens with one attached hydrogen (secondary N) is 2.